The van der Waals surface area contributed by atoms with E-state index in [0.717, 1.165) is 10.0 Å². The second-order valence-corrected chi connectivity index (χ2v) is 7.11. The molecule has 5 nitrogen and oxygen atoms in total. The first kappa shape index (κ1) is 18.5. The molecule has 0 spiro atoms. The topological polar surface area (TPSA) is 49.9 Å². The van der Waals surface area contributed by atoms with Crippen molar-refractivity contribution >= 4 is 27.7 Å². The summed E-state index contributed by atoms with van der Waals surface area (Å²) in [6.45, 7) is 4.11. The molecule has 2 aromatic carbocycles. The monoisotopic (exact) mass is 416 g/mol. The van der Waals surface area contributed by atoms with Crippen LogP contribution in [0.4, 0.5) is 0 Å². The molecule has 6 heteroatoms. The molecule has 1 aliphatic heterocycles. The molecule has 0 unspecified atom stereocenters. The van der Waals surface area contributed by atoms with Gasteiger partial charge in [-0.05, 0) is 47.1 Å². The highest BCUT2D eigenvalue weighted by molar-refractivity contribution is 9.10. The first-order chi connectivity index (χ1) is 12.5. The van der Waals surface area contributed by atoms with Gasteiger partial charge in [0.05, 0.1) is 5.56 Å². The Morgan fingerprint density at radius 3 is 2.23 bits per heavy atom. The number of hydrogen-bond acceptors (Lipinski definition) is 3. The minimum atomic E-state index is -0.0569. The first-order valence-electron chi connectivity index (χ1n) is 8.55. The molecule has 0 radical (unpaired) electrons. The van der Waals surface area contributed by atoms with E-state index < -0.39 is 0 Å². The van der Waals surface area contributed by atoms with E-state index in [1.54, 1.807) is 15.9 Å². The Morgan fingerprint density at radius 2 is 1.58 bits per heavy atom. The van der Waals surface area contributed by atoms with E-state index in [1.807, 2.05) is 49.4 Å². The maximum absolute atomic E-state index is 12.6. The molecule has 0 N–H and O–H groups in total. The molecule has 0 aromatic heterocycles. The quantitative estimate of drug-likeness (QED) is 0.768. The standard InChI is InChI=1S/C20H21BrN2O3/c1-15-6-8-16(9-7-15)26-14-19(24)22-10-12-23(13-11-22)20(25)17-4-2-3-5-18(17)21/h2-9H,10-14H2,1H3. The van der Waals surface area contributed by atoms with Gasteiger partial charge in [0.1, 0.15) is 5.75 Å². The van der Waals surface area contributed by atoms with Gasteiger partial charge < -0.3 is 14.5 Å². The number of piperazine rings is 1. The fourth-order valence-electron chi connectivity index (χ4n) is 2.83. The summed E-state index contributed by atoms with van der Waals surface area (Å²) in [7, 11) is 0. The lowest BCUT2D eigenvalue weighted by atomic mass is 10.2. The van der Waals surface area contributed by atoms with Crippen LogP contribution in [0.15, 0.2) is 53.0 Å². The molecule has 0 atom stereocenters. The molecule has 26 heavy (non-hydrogen) atoms. The van der Waals surface area contributed by atoms with Crippen LogP contribution in [-0.4, -0.2) is 54.4 Å². The van der Waals surface area contributed by atoms with Gasteiger partial charge in [0.15, 0.2) is 6.61 Å². The zero-order valence-electron chi connectivity index (χ0n) is 14.7. The minimum Gasteiger partial charge on any atom is -0.484 e. The van der Waals surface area contributed by atoms with E-state index >= 15 is 0 Å². The molecule has 3 rings (SSSR count). The molecular weight excluding hydrogens is 396 g/mol. The van der Waals surface area contributed by atoms with Crippen LogP contribution < -0.4 is 4.74 Å². The van der Waals surface area contributed by atoms with Gasteiger partial charge >= 0.3 is 0 Å². The van der Waals surface area contributed by atoms with Crippen LogP contribution in [-0.2, 0) is 4.79 Å². The molecule has 1 aliphatic rings. The Balaban J connectivity index is 1.50. The average molecular weight is 417 g/mol. The molecular formula is C20H21BrN2O3. The highest BCUT2D eigenvalue weighted by Crippen LogP contribution is 2.19. The summed E-state index contributed by atoms with van der Waals surface area (Å²) in [5.41, 5.74) is 1.80. The number of ether oxygens (including phenoxy) is 1. The molecule has 136 valence electrons. The zero-order valence-corrected chi connectivity index (χ0v) is 16.2. The Bertz CT molecular complexity index is 784. The number of halogens is 1. The van der Waals surface area contributed by atoms with Crippen molar-refractivity contribution in [3.8, 4) is 5.75 Å². The maximum Gasteiger partial charge on any atom is 0.260 e. The summed E-state index contributed by atoms with van der Waals surface area (Å²) < 4.78 is 6.34. The lowest BCUT2D eigenvalue weighted by Crippen LogP contribution is -2.51. The highest BCUT2D eigenvalue weighted by atomic mass is 79.9. The first-order valence-corrected chi connectivity index (χ1v) is 9.35. The SMILES string of the molecule is Cc1ccc(OCC(=O)N2CCN(C(=O)c3ccccc3Br)CC2)cc1. The highest BCUT2D eigenvalue weighted by Gasteiger charge is 2.25. The lowest BCUT2D eigenvalue weighted by molar-refractivity contribution is -0.134. The van der Waals surface area contributed by atoms with E-state index in [9.17, 15) is 9.59 Å². The number of nitrogens with zero attached hydrogens (tertiary/aromatic N) is 2. The van der Waals surface area contributed by atoms with Crippen molar-refractivity contribution in [3.05, 3.63) is 64.1 Å². The number of rotatable bonds is 4. The largest absolute Gasteiger partial charge is 0.484 e. The van der Waals surface area contributed by atoms with Gasteiger partial charge in [0, 0.05) is 30.7 Å². The molecule has 0 bridgehead atoms. The molecule has 0 aliphatic carbocycles. The van der Waals surface area contributed by atoms with Crippen LogP contribution in [0.5, 0.6) is 5.75 Å². The fraction of sp³-hybridized carbons (Fsp3) is 0.300. The van der Waals surface area contributed by atoms with Gasteiger partial charge in [-0.2, -0.15) is 0 Å². The maximum atomic E-state index is 12.6. The van der Waals surface area contributed by atoms with Crippen molar-refractivity contribution in [1.29, 1.82) is 0 Å². The Morgan fingerprint density at radius 1 is 0.962 bits per heavy atom. The van der Waals surface area contributed by atoms with E-state index in [1.165, 1.54) is 0 Å². The van der Waals surface area contributed by atoms with Crippen LogP contribution in [0.2, 0.25) is 0 Å². The fourth-order valence-corrected chi connectivity index (χ4v) is 3.29. The van der Waals surface area contributed by atoms with Gasteiger partial charge in [0.2, 0.25) is 0 Å². The van der Waals surface area contributed by atoms with Crippen molar-refractivity contribution in [1.82, 2.24) is 9.80 Å². The second kappa shape index (κ2) is 8.36. The second-order valence-electron chi connectivity index (χ2n) is 6.25. The Hall–Kier alpha value is -2.34. The van der Waals surface area contributed by atoms with Crippen LogP contribution in [0.3, 0.4) is 0 Å². The van der Waals surface area contributed by atoms with Crippen molar-refractivity contribution in [3.63, 3.8) is 0 Å². The summed E-state index contributed by atoms with van der Waals surface area (Å²) >= 11 is 3.42. The molecule has 1 heterocycles. The summed E-state index contributed by atoms with van der Waals surface area (Å²) in [6, 6.07) is 15.0. The third-order valence-electron chi connectivity index (χ3n) is 4.41. The van der Waals surface area contributed by atoms with Gasteiger partial charge in [-0.15, -0.1) is 0 Å². The van der Waals surface area contributed by atoms with Gasteiger partial charge in [-0.25, -0.2) is 0 Å². The molecule has 1 fully saturated rings. The third kappa shape index (κ3) is 4.43. The van der Waals surface area contributed by atoms with Gasteiger partial charge in [0.25, 0.3) is 11.8 Å². The lowest BCUT2D eigenvalue weighted by Gasteiger charge is -2.34. The van der Waals surface area contributed by atoms with Crippen molar-refractivity contribution in [2.24, 2.45) is 0 Å². The molecule has 0 saturated carbocycles. The number of carbonyl (C=O) groups is 2. The third-order valence-corrected chi connectivity index (χ3v) is 5.10. The molecule has 2 aromatic rings. The van der Waals surface area contributed by atoms with Crippen molar-refractivity contribution in [2.75, 3.05) is 32.8 Å². The van der Waals surface area contributed by atoms with Gasteiger partial charge in [-0.3, -0.25) is 9.59 Å². The Kier molecular flexibility index (Phi) is 5.93. The summed E-state index contributed by atoms with van der Waals surface area (Å²) in [6.07, 6.45) is 0. The molecule has 1 saturated heterocycles. The van der Waals surface area contributed by atoms with E-state index in [2.05, 4.69) is 15.9 Å². The van der Waals surface area contributed by atoms with Crippen LogP contribution in [0.1, 0.15) is 15.9 Å². The van der Waals surface area contributed by atoms with E-state index in [-0.39, 0.29) is 18.4 Å². The van der Waals surface area contributed by atoms with Crippen LogP contribution in [0, 0.1) is 6.92 Å². The number of amides is 2. The predicted molar refractivity (Wildman–Crippen MR) is 103 cm³/mol. The Labute approximate surface area is 161 Å². The predicted octanol–water partition coefficient (Wildman–Crippen LogP) is 3.12. The average Bonchev–Trinajstić information content (AvgIpc) is 2.67. The number of carbonyl (C=O) groups excluding carboxylic acids is 2. The van der Waals surface area contributed by atoms with Gasteiger partial charge in [-0.1, -0.05) is 29.8 Å². The van der Waals surface area contributed by atoms with E-state index in [0.29, 0.717) is 37.5 Å². The summed E-state index contributed by atoms with van der Waals surface area (Å²) in [5.74, 6) is 0.616. The minimum absolute atomic E-state index is 0.0134. The van der Waals surface area contributed by atoms with Crippen molar-refractivity contribution in [2.45, 2.75) is 6.92 Å². The van der Waals surface area contributed by atoms with E-state index in [4.69, 9.17) is 4.74 Å². The summed E-state index contributed by atoms with van der Waals surface area (Å²) in [5, 5.41) is 0. The number of aryl methyl sites for hydroxylation is 1. The number of hydrogen-bond donors (Lipinski definition) is 0. The van der Waals surface area contributed by atoms with Crippen molar-refractivity contribution < 1.29 is 14.3 Å². The normalized spacial score (nSPS) is 14.2. The smallest absolute Gasteiger partial charge is 0.260 e. The molecule has 2 amide bonds. The summed E-state index contributed by atoms with van der Waals surface area (Å²) in [4.78, 5) is 28.5. The van der Waals surface area contributed by atoms with Crippen LogP contribution in [0.25, 0.3) is 0 Å². The number of benzene rings is 2. The zero-order chi connectivity index (χ0) is 18.5. The van der Waals surface area contributed by atoms with Crippen LogP contribution >= 0.6 is 15.9 Å².